The standard InChI is InChI=1S/C20H21N2O2/c1-3-7-19(8-4-1)24-17-21-18-9-11-20(12-10-18)23-16-15-22-13-5-2-6-14-22/h1-14,21H,15-17H2/q+1. The Bertz CT molecular complexity index is 651. The first-order valence-corrected chi connectivity index (χ1v) is 7.99. The van der Waals surface area contributed by atoms with Crippen molar-refractivity contribution in [2.75, 3.05) is 18.7 Å². The average Bonchev–Trinajstić information content (AvgIpc) is 2.65. The molecule has 0 bridgehead atoms. The minimum absolute atomic E-state index is 0.425. The molecule has 0 aliphatic rings. The van der Waals surface area contributed by atoms with E-state index in [9.17, 15) is 0 Å². The molecule has 0 aliphatic heterocycles. The molecule has 0 spiro atoms. The second-order valence-corrected chi connectivity index (χ2v) is 5.26. The molecule has 2 aromatic carbocycles. The maximum atomic E-state index is 5.76. The van der Waals surface area contributed by atoms with E-state index in [4.69, 9.17) is 9.47 Å². The first-order valence-electron chi connectivity index (χ1n) is 7.99. The van der Waals surface area contributed by atoms with Crippen LogP contribution >= 0.6 is 0 Å². The van der Waals surface area contributed by atoms with E-state index in [1.165, 1.54) is 0 Å². The summed E-state index contributed by atoms with van der Waals surface area (Å²) in [5, 5.41) is 3.22. The van der Waals surface area contributed by atoms with Gasteiger partial charge in [0, 0.05) is 17.8 Å². The van der Waals surface area contributed by atoms with Gasteiger partial charge in [0.25, 0.3) is 0 Å². The van der Waals surface area contributed by atoms with E-state index in [2.05, 4.69) is 9.88 Å². The van der Waals surface area contributed by atoms with Crippen molar-refractivity contribution >= 4 is 5.69 Å². The van der Waals surface area contributed by atoms with Crippen molar-refractivity contribution in [3.05, 3.63) is 85.2 Å². The molecule has 0 fully saturated rings. The summed E-state index contributed by atoms with van der Waals surface area (Å²) in [5.41, 5.74) is 0.996. The number of nitrogens with one attached hydrogen (secondary N) is 1. The zero-order valence-electron chi connectivity index (χ0n) is 13.5. The van der Waals surface area contributed by atoms with Crippen molar-refractivity contribution in [2.24, 2.45) is 0 Å². The Labute approximate surface area is 142 Å². The van der Waals surface area contributed by atoms with Gasteiger partial charge in [-0.1, -0.05) is 24.3 Å². The fourth-order valence-corrected chi connectivity index (χ4v) is 2.24. The highest BCUT2D eigenvalue weighted by molar-refractivity contribution is 5.46. The normalized spacial score (nSPS) is 10.2. The molecular weight excluding hydrogens is 300 g/mol. The molecule has 4 nitrogen and oxygen atoms in total. The molecule has 0 saturated heterocycles. The summed E-state index contributed by atoms with van der Waals surface area (Å²) < 4.78 is 13.5. The van der Waals surface area contributed by atoms with Gasteiger partial charge in [-0.25, -0.2) is 4.57 Å². The summed E-state index contributed by atoms with van der Waals surface area (Å²) in [6.07, 6.45) is 4.06. The molecule has 0 saturated carbocycles. The maximum absolute atomic E-state index is 5.76. The second-order valence-electron chi connectivity index (χ2n) is 5.26. The fraction of sp³-hybridized carbons (Fsp3) is 0.150. The van der Waals surface area contributed by atoms with Gasteiger partial charge in [-0.2, -0.15) is 0 Å². The van der Waals surface area contributed by atoms with Crippen LogP contribution in [-0.2, 0) is 6.54 Å². The first-order chi connectivity index (χ1) is 11.9. The molecule has 0 amide bonds. The minimum atomic E-state index is 0.425. The number of pyridine rings is 1. The summed E-state index contributed by atoms with van der Waals surface area (Å²) in [6, 6.07) is 23.7. The third-order valence-electron chi connectivity index (χ3n) is 3.51. The predicted octanol–water partition coefficient (Wildman–Crippen LogP) is 3.50. The van der Waals surface area contributed by atoms with Gasteiger partial charge in [0.2, 0.25) is 0 Å². The highest BCUT2D eigenvalue weighted by Crippen LogP contribution is 2.16. The van der Waals surface area contributed by atoms with E-state index < -0.39 is 0 Å². The second kappa shape index (κ2) is 8.58. The topological polar surface area (TPSA) is 34.4 Å². The van der Waals surface area contributed by atoms with Gasteiger partial charge >= 0.3 is 0 Å². The van der Waals surface area contributed by atoms with Crippen LogP contribution in [0.4, 0.5) is 5.69 Å². The smallest absolute Gasteiger partial charge is 0.182 e. The van der Waals surface area contributed by atoms with Crippen molar-refractivity contribution in [3.63, 3.8) is 0 Å². The van der Waals surface area contributed by atoms with E-state index in [0.717, 1.165) is 23.7 Å². The molecule has 122 valence electrons. The Morgan fingerprint density at radius 2 is 1.38 bits per heavy atom. The number of nitrogens with zero attached hydrogens (tertiary/aromatic N) is 1. The number of anilines is 1. The highest BCUT2D eigenvalue weighted by atomic mass is 16.5. The molecule has 3 rings (SSSR count). The van der Waals surface area contributed by atoms with Crippen LogP contribution in [0, 0.1) is 0 Å². The Morgan fingerprint density at radius 3 is 2.12 bits per heavy atom. The first kappa shape index (κ1) is 15.9. The van der Waals surface area contributed by atoms with E-state index in [-0.39, 0.29) is 0 Å². The van der Waals surface area contributed by atoms with Crippen molar-refractivity contribution in [1.82, 2.24) is 0 Å². The number of benzene rings is 2. The maximum Gasteiger partial charge on any atom is 0.182 e. The van der Waals surface area contributed by atoms with Gasteiger partial charge in [-0.3, -0.25) is 0 Å². The van der Waals surface area contributed by atoms with E-state index in [0.29, 0.717) is 13.3 Å². The zero-order valence-corrected chi connectivity index (χ0v) is 13.5. The summed E-state index contributed by atoms with van der Waals surface area (Å²) in [7, 11) is 0. The molecular formula is C20H21N2O2+. The van der Waals surface area contributed by atoms with Crippen molar-refractivity contribution in [2.45, 2.75) is 6.54 Å². The van der Waals surface area contributed by atoms with Gasteiger partial charge in [-0.05, 0) is 36.4 Å². The number of hydrogen-bond acceptors (Lipinski definition) is 3. The Hall–Kier alpha value is -3.01. The average molecular weight is 321 g/mol. The van der Waals surface area contributed by atoms with Gasteiger partial charge in [0.15, 0.2) is 25.7 Å². The Kier molecular flexibility index (Phi) is 5.67. The fourth-order valence-electron chi connectivity index (χ4n) is 2.24. The molecule has 1 heterocycles. The quantitative estimate of drug-likeness (QED) is 0.509. The van der Waals surface area contributed by atoms with Crippen LogP contribution in [0.15, 0.2) is 85.2 Å². The van der Waals surface area contributed by atoms with Crippen LogP contribution in [0.25, 0.3) is 0 Å². The van der Waals surface area contributed by atoms with E-state index in [1.54, 1.807) is 0 Å². The lowest BCUT2D eigenvalue weighted by molar-refractivity contribution is -0.697. The third kappa shape index (κ3) is 5.02. The zero-order chi connectivity index (χ0) is 16.5. The molecule has 1 N–H and O–H groups in total. The van der Waals surface area contributed by atoms with Gasteiger partial charge in [0.05, 0.1) is 0 Å². The Balaban J connectivity index is 1.40. The number of hydrogen-bond donors (Lipinski definition) is 1. The molecule has 1 aromatic heterocycles. The molecule has 0 unspecified atom stereocenters. The van der Waals surface area contributed by atoms with Gasteiger partial charge in [0.1, 0.15) is 18.1 Å². The molecule has 3 aromatic rings. The predicted molar refractivity (Wildman–Crippen MR) is 94.1 cm³/mol. The molecule has 0 aliphatic carbocycles. The van der Waals surface area contributed by atoms with E-state index >= 15 is 0 Å². The number of para-hydroxylation sites is 1. The largest absolute Gasteiger partial charge is 0.487 e. The summed E-state index contributed by atoms with van der Waals surface area (Å²) in [5.74, 6) is 1.71. The van der Waals surface area contributed by atoms with Gasteiger partial charge in [-0.15, -0.1) is 0 Å². The summed E-state index contributed by atoms with van der Waals surface area (Å²) in [6.45, 7) is 1.89. The molecule has 4 heteroatoms. The van der Waals surface area contributed by atoms with Crippen LogP contribution in [0.5, 0.6) is 11.5 Å². The van der Waals surface area contributed by atoms with Crippen molar-refractivity contribution in [1.29, 1.82) is 0 Å². The van der Waals surface area contributed by atoms with Crippen molar-refractivity contribution < 1.29 is 14.0 Å². The number of ether oxygens (including phenoxy) is 2. The van der Waals surface area contributed by atoms with E-state index in [1.807, 2.05) is 85.2 Å². The van der Waals surface area contributed by atoms with Crippen LogP contribution < -0.4 is 19.4 Å². The Morgan fingerprint density at radius 1 is 0.708 bits per heavy atom. The van der Waals surface area contributed by atoms with Crippen LogP contribution in [0.1, 0.15) is 0 Å². The number of rotatable bonds is 8. The van der Waals surface area contributed by atoms with Crippen molar-refractivity contribution in [3.8, 4) is 11.5 Å². The summed E-state index contributed by atoms with van der Waals surface area (Å²) in [4.78, 5) is 0. The molecule has 0 atom stereocenters. The van der Waals surface area contributed by atoms with Crippen LogP contribution in [0.2, 0.25) is 0 Å². The highest BCUT2D eigenvalue weighted by Gasteiger charge is 2.00. The SMILES string of the molecule is c1ccc(OCNc2ccc(OCC[n+]3ccccc3)cc2)cc1. The lowest BCUT2D eigenvalue weighted by Gasteiger charge is -2.10. The monoisotopic (exact) mass is 321 g/mol. The molecule has 0 radical (unpaired) electrons. The van der Waals surface area contributed by atoms with Crippen LogP contribution in [0.3, 0.4) is 0 Å². The molecule has 24 heavy (non-hydrogen) atoms. The van der Waals surface area contributed by atoms with Gasteiger partial charge < -0.3 is 14.8 Å². The van der Waals surface area contributed by atoms with Crippen LogP contribution in [-0.4, -0.2) is 13.3 Å². The lowest BCUT2D eigenvalue weighted by Crippen LogP contribution is -2.35. The minimum Gasteiger partial charge on any atom is -0.487 e. The third-order valence-corrected chi connectivity index (χ3v) is 3.51. The number of aromatic nitrogens is 1. The lowest BCUT2D eigenvalue weighted by atomic mass is 10.3. The summed E-state index contributed by atoms with van der Waals surface area (Å²) >= 11 is 0.